The first kappa shape index (κ1) is 11.7. The van der Waals surface area contributed by atoms with Gasteiger partial charge in [-0.1, -0.05) is 19.1 Å². The summed E-state index contributed by atoms with van der Waals surface area (Å²) >= 11 is 0. The van der Waals surface area contributed by atoms with Gasteiger partial charge in [0.2, 0.25) is 0 Å². The molecule has 0 bridgehead atoms. The lowest BCUT2D eigenvalue weighted by atomic mass is 10.2. The topological polar surface area (TPSA) is 50.1 Å². The number of hydrogen-bond acceptors (Lipinski definition) is 3. The largest absolute Gasteiger partial charge is 0.508 e. The zero-order valence-corrected chi connectivity index (χ0v) is 9.93. The minimum absolute atomic E-state index is 0.294. The van der Waals surface area contributed by atoms with Crippen LogP contribution in [-0.2, 0) is 13.1 Å². The fourth-order valence-corrected chi connectivity index (χ4v) is 1.68. The Bertz CT molecular complexity index is 479. The second kappa shape index (κ2) is 5.50. The van der Waals surface area contributed by atoms with Crippen molar-refractivity contribution in [2.45, 2.75) is 20.0 Å². The highest BCUT2D eigenvalue weighted by atomic mass is 16.3. The normalized spacial score (nSPS) is 10.6. The van der Waals surface area contributed by atoms with E-state index in [2.05, 4.69) is 17.3 Å². The third-order valence-corrected chi connectivity index (χ3v) is 2.51. The molecule has 1 aromatic carbocycles. The lowest BCUT2D eigenvalue weighted by Crippen LogP contribution is -2.12. The number of nitrogens with zero attached hydrogens (tertiary/aromatic N) is 2. The summed E-state index contributed by atoms with van der Waals surface area (Å²) in [5, 5.41) is 17.1. The molecule has 0 aliphatic rings. The van der Waals surface area contributed by atoms with Crippen molar-refractivity contribution in [3.05, 3.63) is 47.8 Å². The number of phenols is 1. The van der Waals surface area contributed by atoms with Gasteiger partial charge in [0.1, 0.15) is 5.75 Å². The van der Waals surface area contributed by atoms with Crippen molar-refractivity contribution in [3.63, 3.8) is 0 Å². The van der Waals surface area contributed by atoms with Gasteiger partial charge in [0.05, 0.1) is 12.2 Å². The zero-order valence-electron chi connectivity index (χ0n) is 9.93. The first-order chi connectivity index (χ1) is 8.28. The molecule has 0 aliphatic carbocycles. The molecule has 0 amide bonds. The first-order valence-corrected chi connectivity index (χ1v) is 5.79. The Labute approximate surface area is 101 Å². The Morgan fingerprint density at radius 3 is 3.00 bits per heavy atom. The molecule has 0 unspecified atom stereocenters. The summed E-state index contributed by atoms with van der Waals surface area (Å²) in [4.78, 5) is 0. The molecule has 0 aliphatic heterocycles. The lowest BCUT2D eigenvalue weighted by molar-refractivity contribution is 0.474. The van der Waals surface area contributed by atoms with Crippen LogP contribution in [0.15, 0.2) is 36.5 Å². The Kier molecular flexibility index (Phi) is 3.77. The summed E-state index contributed by atoms with van der Waals surface area (Å²) in [6, 6.07) is 9.25. The second-order valence-electron chi connectivity index (χ2n) is 3.95. The lowest BCUT2D eigenvalue weighted by Gasteiger charge is -2.02. The third kappa shape index (κ3) is 3.32. The fourth-order valence-electron chi connectivity index (χ4n) is 1.68. The molecule has 2 aromatic rings. The molecule has 90 valence electrons. The molecule has 1 aromatic heterocycles. The highest BCUT2D eigenvalue weighted by Crippen LogP contribution is 2.11. The van der Waals surface area contributed by atoms with E-state index in [1.54, 1.807) is 12.1 Å². The molecule has 0 radical (unpaired) electrons. The molecule has 2 rings (SSSR count). The summed E-state index contributed by atoms with van der Waals surface area (Å²) in [7, 11) is 0. The van der Waals surface area contributed by atoms with Crippen LogP contribution >= 0.6 is 0 Å². The molecule has 17 heavy (non-hydrogen) atoms. The average Bonchev–Trinajstić information content (AvgIpc) is 2.74. The van der Waals surface area contributed by atoms with Gasteiger partial charge in [-0.15, -0.1) is 0 Å². The molecule has 0 atom stereocenters. The molecule has 0 spiro atoms. The van der Waals surface area contributed by atoms with Crippen molar-refractivity contribution in [1.82, 2.24) is 15.1 Å². The van der Waals surface area contributed by atoms with Crippen LogP contribution in [0.5, 0.6) is 5.75 Å². The number of aromatic hydroxyl groups is 1. The van der Waals surface area contributed by atoms with Crippen molar-refractivity contribution in [1.29, 1.82) is 0 Å². The van der Waals surface area contributed by atoms with Crippen molar-refractivity contribution in [3.8, 4) is 5.75 Å². The number of benzene rings is 1. The van der Waals surface area contributed by atoms with Gasteiger partial charge in [0, 0.05) is 12.7 Å². The van der Waals surface area contributed by atoms with Crippen LogP contribution < -0.4 is 5.32 Å². The molecule has 0 fully saturated rings. The van der Waals surface area contributed by atoms with Crippen LogP contribution in [-0.4, -0.2) is 21.4 Å². The van der Waals surface area contributed by atoms with Crippen molar-refractivity contribution in [2.24, 2.45) is 0 Å². The Morgan fingerprint density at radius 2 is 2.24 bits per heavy atom. The predicted octanol–water partition coefficient (Wildman–Crippen LogP) is 1.75. The van der Waals surface area contributed by atoms with Gasteiger partial charge in [-0.3, -0.25) is 4.68 Å². The molecule has 1 heterocycles. The molecule has 0 saturated heterocycles. The summed E-state index contributed by atoms with van der Waals surface area (Å²) in [6.07, 6.45) is 1.96. The number of nitrogens with one attached hydrogen (secondary N) is 1. The van der Waals surface area contributed by atoms with E-state index in [0.29, 0.717) is 12.3 Å². The number of phenolic OH excluding ortho intramolecular Hbond substituents is 1. The predicted molar refractivity (Wildman–Crippen MR) is 66.8 cm³/mol. The number of aromatic nitrogens is 2. The molecule has 0 saturated carbocycles. The molecule has 2 N–H and O–H groups in total. The quantitative estimate of drug-likeness (QED) is 0.824. The van der Waals surface area contributed by atoms with E-state index < -0.39 is 0 Å². The summed E-state index contributed by atoms with van der Waals surface area (Å²) in [5.41, 5.74) is 2.08. The highest BCUT2D eigenvalue weighted by Gasteiger charge is 2.00. The van der Waals surface area contributed by atoms with E-state index in [0.717, 1.165) is 24.3 Å². The van der Waals surface area contributed by atoms with E-state index in [1.165, 1.54) is 0 Å². The summed E-state index contributed by atoms with van der Waals surface area (Å²) in [5.74, 6) is 0.294. The van der Waals surface area contributed by atoms with Crippen LogP contribution in [0.25, 0.3) is 0 Å². The average molecular weight is 231 g/mol. The van der Waals surface area contributed by atoms with Gasteiger partial charge in [-0.2, -0.15) is 5.10 Å². The Balaban J connectivity index is 2.01. The highest BCUT2D eigenvalue weighted by molar-refractivity contribution is 5.27. The van der Waals surface area contributed by atoms with Crippen molar-refractivity contribution in [2.75, 3.05) is 6.54 Å². The number of rotatable bonds is 5. The van der Waals surface area contributed by atoms with Gasteiger partial charge < -0.3 is 10.4 Å². The van der Waals surface area contributed by atoms with Crippen LogP contribution in [0, 0.1) is 0 Å². The van der Waals surface area contributed by atoms with Gasteiger partial charge in [0.25, 0.3) is 0 Å². The third-order valence-electron chi connectivity index (χ3n) is 2.51. The van der Waals surface area contributed by atoms with E-state index in [-0.39, 0.29) is 0 Å². The first-order valence-electron chi connectivity index (χ1n) is 5.79. The van der Waals surface area contributed by atoms with Crippen molar-refractivity contribution >= 4 is 0 Å². The SMILES string of the molecule is CCNCc1ccn(Cc2cccc(O)c2)n1. The Hall–Kier alpha value is -1.81. The maximum atomic E-state index is 9.37. The molecule has 4 heteroatoms. The van der Waals surface area contributed by atoms with E-state index in [1.807, 2.05) is 29.1 Å². The maximum Gasteiger partial charge on any atom is 0.115 e. The zero-order chi connectivity index (χ0) is 12.1. The molecule has 4 nitrogen and oxygen atoms in total. The van der Waals surface area contributed by atoms with Gasteiger partial charge in [-0.05, 0) is 30.3 Å². The Morgan fingerprint density at radius 1 is 1.35 bits per heavy atom. The van der Waals surface area contributed by atoms with Crippen LogP contribution in [0.4, 0.5) is 0 Å². The van der Waals surface area contributed by atoms with E-state index >= 15 is 0 Å². The maximum absolute atomic E-state index is 9.37. The summed E-state index contributed by atoms with van der Waals surface area (Å²) < 4.78 is 1.88. The van der Waals surface area contributed by atoms with Crippen LogP contribution in [0.3, 0.4) is 0 Å². The minimum Gasteiger partial charge on any atom is -0.508 e. The van der Waals surface area contributed by atoms with Gasteiger partial charge in [-0.25, -0.2) is 0 Å². The van der Waals surface area contributed by atoms with Crippen LogP contribution in [0.2, 0.25) is 0 Å². The fraction of sp³-hybridized carbons (Fsp3) is 0.308. The van der Waals surface area contributed by atoms with Gasteiger partial charge >= 0.3 is 0 Å². The smallest absolute Gasteiger partial charge is 0.115 e. The summed E-state index contributed by atoms with van der Waals surface area (Å²) in [6.45, 7) is 4.49. The molecular weight excluding hydrogens is 214 g/mol. The van der Waals surface area contributed by atoms with E-state index in [9.17, 15) is 5.11 Å². The van der Waals surface area contributed by atoms with E-state index in [4.69, 9.17) is 0 Å². The standard InChI is InChI=1S/C13H17N3O/c1-2-14-9-12-6-7-16(15-12)10-11-4-3-5-13(17)8-11/h3-8,14,17H,2,9-10H2,1H3. The van der Waals surface area contributed by atoms with Crippen LogP contribution in [0.1, 0.15) is 18.2 Å². The monoisotopic (exact) mass is 231 g/mol. The van der Waals surface area contributed by atoms with Gasteiger partial charge in [0.15, 0.2) is 0 Å². The molecular formula is C13H17N3O. The minimum atomic E-state index is 0.294. The van der Waals surface area contributed by atoms with Crippen molar-refractivity contribution < 1.29 is 5.11 Å². The number of hydrogen-bond donors (Lipinski definition) is 2. The second-order valence-corrected chi connectivity index (χ2v) is 3.95.